The van der Waals surface area contributed by atoms with Crippen molar-refractivity contribution in [2.75, 3.05) is 44.2 Å². The van der Waals surface area contributed by atoms with E-state index in [1.54, 1.807) is 6.20 Å². The maximum absolute atomic E-state index is 9.45. The van der Waals surface area contributed by atoms with Crippen LogP contribution in [0, 0.1) is 11.3 Å². The van der Waals surface area contributed by atoms with E-state index in [1.807, 2.05) is 16.9 Å². The molecule has 0 atom stereocenters. The van der Waals surface area contributed by atoms with Gasteiger partial charge in [0, 0.05) is 69.8 Å². The van der Waals surface area contributed by atoms with Crippen molar-refractivity contribution in [2.45, 2.75) is 25.8 Å². The van der Waals surface area contributed by atoms with Crippen LogP contribution in [-0.2, 0) is 6.54 Å². The zero-order valence-corrected chi connectivity index (χ0v) is 15.1. The molecule has 2 fully saturated rings. The van der Waals surface area contributed by atoms with Gasteiger partial charge in [-0.1, -0.05) is 0 Å². The lowest BCUT2D eigenvalue weighted by molar-refractivity contribution is 0.233. The van der Waals surface area contributed by atoms with Crippen LogP contribution in [-0.4, -0.2) is 58.9 Å². The summed E-state index contributed by atoms with van der Waals surface area (Å²) in [7, 11) is 0. The highest BCUT2D eigenvalue weighted by Gasteiger charge is 2.17. The molecule has 0 amide bonds. The van der Waals surface area contributed by atoms with Gasteiger partial charge in [0.2, 0.25) is 0 Å². The number of pyridine rings is 1. The second-order valence-electron chi connectivity index (χ2n) is 7.04. The van der Waals surface area contributed by atoms with Crippen molar-refractivity contribution >= 4 is 5.69 Å². The van der Waals surface area contributed by atoms with Crippen molar-refractivity contribution in [3.8, 4) is 11.9 Å². The minimum absolute atomic E-state index is 0.642. The topological polar surface area (TPSA) is 73.0 Å². The van der Waals surface area contributed by atoms with Crippen LogP contribution in [0.15, 0.2) is 24.7 Å². The maximum Gasteiger partial charge on any atom is 0.155 e. The first kappa shape index (κ1) is 17.0. The first-order valence-corrected chi connectivity index (χ1v) is 9.45. The Morgan fingerprint density at radius 3 is 2.65 bits per heavy atom. The molecule has 0 saturated carbocycles. The molecule has 2 saturated heterocycles. The van der Waals surface area contributed by atoms with Crippen LogP contribution < -0.4 is 10.2 Å². The zero-order chi connectivity index (χ0) is 17.8. The van der Waals surface area contributed by atoms with E-state index in [-0.39, 0.29) is 0 Å². The lowest BCUT2D eigenvalue weighted by Crippen LogP contribution is -2.42. The Labute approximate surface area is 154 Å². The van der Waals surface area contributed by atoms with Gasteiger partial charge in [-0.25, -0.2) is 9.67 Å². The Kier molecular flexibility index (Phi) is 5.14. The highest BCUT2D eigenvalue weighted by Crippen LogP contribution is 2.25. The third kappa shape index (κ3) is 3.71. The first-order chi connectivity index (χ1) is 12.8. The molecule has 2 aromatic rings. The van der Waals surface area contributed by atoms with E-state index in [4.69, 9.17) is 0 Å². The van der Waals surface area contributed by atoms with E-state index in [9.17, 15) is 5.26 Å². The molecule has 0 unspecified atom stereocenters. The lowest BCUT2D eigenvalue weighted by atomic mass is 10.1. The average molecular weight is 351 g/mol. The van der Waals surface area contributed by atoms with E-state index in [0.717, 1.165) is 57.3 Å². The van der Waals surface area contributed by atoms with Crippen molar-refractivity contribution in [2.24, 2.45) is 0 Å². The molecule has 0 bridgehead atoms. The highest BCUT2D eigenvalue weighted by atomic mass is 15.3. The van der Waals surface area contributed by atoms with Crippen LogP contribution in [0.3, 0.4) is 0 Å². The zero-order valence-electron chi connectivity index (χ0n) is 15.1. The fraction of sp³-hybridized carbons (Fsp3) is 0.526. The van der Waals surface area contributed by atoms with Gasteiger partial charge < -0.3 is 10.2 Å². The summed E-state index contributed by atoms with van der Waals surface area (Å²) in [5.74, 6) is 0.774. The van der Waals surface area contributed by atoms with E-state index in [0.29, 0.717) is 5.56 Å². The number of piperazine rings is 1. The van der Waals surface area contributed by atoms with E-state index in [2.05, 4.69) is 37.5 Å². The molecule has 7 heteroatoms. The van der Waals surface area contributed by atoms with Crippen LogP contribution in [0.25, 0.3) is 5.82 Å². The molecule has 0 spiro atoms. The molecule has 2 aromatic heterocycles. The largest absolute Gasteiger partial charge is 0.370 e. The third-order valence-electron chi connectivity index (χ3n) is 5.17. The minimum atomic E-state index is 0.642. The lowest BCUT2D eigenvalue weighted by Gasteiger charge is -2.29. The van der Waals surface area contributed by atoms with Gasteiger partial charge in [-0.15, -0.1) is 0 Å². The summed E-state index contributed by atoms with van der Waals surface area (Å²) in [6.07, 6.45) is 9.28. The van der Waals surface area contributed by atoms with Gasteiger partial charge in [0.15, 0.2) is 5.82 Å². The molecule has 0 aromatic carbocycles. The summed E-state index contributed by atoms with van der Waals surface area (Å²) < 4.78 is 1.83. The molecule has 2 aliphatic heterocycles. The van der Waals surface area contributed by atoms with Crippen molar-refractivity contribution in [1.82, 2.24) is 25.0 Å². The molecule has 7 nitrogen and oxygen atoms in total. The molecule has 0 aliphatic carbocycles. The van der Waals surface area contributed by atoms with Gasteiger partial charge in [-0.2, -0.15) is 10.4 Å². The SMILES string of the molecule is N#Cc1cnc(-n2cc(CN3CCNCC3)cn2)cc1N1CCCCC1. The predicted octanol–water partition coefficient (Wildman–Crippen LogP) is 1.53. The quantitative estimate of drug-likeness (QED) is 0.901. The van der Waals surface area contributed by atoms with Crippen molar-refractivity contribution < 1.29 is 0 Å². The van der Waals surface area contributed by atoms with E-state index >= 15 is 0 Å². The van der Waals surface area contributed by atoms with Crippen LogP contribution in [0.2, 0.25) is 0 Å². The number of nitrogens with one attached hydrogen (secondary N) is 1. The fourth-order valence-electron chi connectivity index (χ4n) is 3.74. The molecule has 136 valence electrons. The highest BCUT2D eigenvalue weighted by molar-refractivity contribution is 5.61. The summed E-state index contributed by atoms with van der Waals surface area (Å²) in [6, 6.07) is 4.29. The Morgan fingerprint density at radius 2 is 1.88 bits per heavy atom. The van der Waals surface area contributed by atoms with E-state index in [1.165, 1.54) is 24.8 Å². The average Bonchev–Trinajstić information content (AvgIpc) is 3.17. The monoisotopic (exact) mass is 351 g/mol. The second-order valence-corrected chi connectivity index (χ2v) is 7.04. The summed E-state index contributed by atoms with van der Waals surface area (Å²) in [5.41, 5.74) is 2.82. The molecule has 26 heavy (non-hydrogen) atoms. The fourth-order valence-corrected chi connectivity index (χ4v) is 3.74. The molecule has 4 heterocycles. The van der Waals surface area contributed by atoms with Crippen LogP contribution in [0.4, 0.5) is 5.69 Å². The van der Waals surface area contributed by atoms with Crippen LogP contribution in [0.5, 0.6) is 0 Å². The summed E-state index contributed by atoms with van der Waals surface area (Å²) >= 11 is 0. The van der Waals surface area contributed by atoms with Gasteiger partial charge in [0.25, 0.3) is 0 Å². The summed E-state index contributed by atoms with van der Waals surface area (Å²) in [5, 5.41) is 17.3. The van der Waals surface area contributed by atoms with Gasteiger partial charge in [-0.3, -0.25) is 4.90 Å². The number of nitrogens with zero attached hydrogens (tertiary/aromatic N) is 6. The van der Waals surface area contributed by atoms with Crippen molar-refractivity contribution in [3.05, 3.63) is 35.8 Å². The molecular weight excluding hydrogens is 326 g/mol. The number of nitriles is 1. The predicted molar refractivity (Wildman–Crippen MR) is 100 cm³/mol. The van der Waals surface area contributed by atoms with Crippen molar-refractivity contribution in [1.29, 1.82) is 5.26 Å². The van der Waals surface area contributed by atoms with Gasteiger partial charge in [0.1, 0.15) is 6.07 Å². The number of hydrogen-bond acceptors (Lipinski definition) is 6. The van der Waals surface area contributed by atoms with Crippen LogP contribution >= 0.6 is 0 Å². The Morgan fingerprint density at radius 1 is 1.08 bits per heavy atom. The molecule has 2 aliphatic rings. The van der Waals surface area contributed by atoms with Gasteiger partial charge >= 0.3 is 0 Å². The number of hydrogen-bond donors (Lipinski definition) is 1. The number of piperidine rings is 1. The second kappa shape index (κ2) is 7.85. The normalized spacial score (nSPS) is 18.7. The van der Waals surface area contributed by atoms with Gasteiger partial charge in [-0.05, 0) is 19.3 Å². The number of anilines is 1. The number of aromatic nitrogens is 3. The van der Waals surface area contributed by atoms with E-state index < -0.39 is 0 Å². The molecule has 4 rings (SSSR count). The minimum Gasteiger partial charge on any atom is -0.370 e. The third-order valence-corrected chi connectivity index (χ3v) is 5.17. The van der Waals surface area contributed by atoms with Crippen molar-refractivity contribution in [3.63, 3.8) is 0 Å². The summed E-state index contributed by atoms with van der Waals surface area (Å²) in [6.45, 7) is 7.15. The Balaban J connectivity index is 1.54. The summed E-state index contributed by atoms with van der Waals surface area (Å²) in [4.78, 5) is 9.20. The maximum atomic E-state index is 9.45. The Hall–Kier alpha value is -2.43. The standard InChI is InChI=1S/C19H25N7/c20-11-17-13-22-19(10-18(17)25-6-2-1-3-7-25)26-15-16(12-23-26)14-24-8-4-21-5-9-24/h10,12-13,15,21H,1-9,14H2. The molecule has 0 radical (unpaired) electrons. The number of rotatable bonds is 4. The van der Waals surface area contributed by atoms with Crippen LogP contribution in [0.1, 0.15) is 30.4 Å². The first-order valence-electron chi connectivity index (χ1n) is 9.45. The Bertz CT molecular complexity index is 779. The molecule has 1 N–H and O–H groups in total. The van der Waals surface area contributed by atoms with Gasteiger partial charge in [0.05, 0.1) is 17.4 Å². The molecular formula is C19H25N7. The smallest absolute Gasteiger partial charge is 0.155 e.